The van der Waals surface area contributed by atoms with E-state index in [0.717, 1.165) is 11.3 Å². The lowest BCUT2D eigenvalue weighted by molar-refractivity contribution is 0.101. The first-order valence-corrected chi connectivity index (χ1v) is 9.50. The number of nitrogens with one attached hydrogen (secondary N) is 1. The Kier molecular flexibility index (Phi) is 4.99. The van der Waals surface area contributed by atoms with Gasteiger partial charge in [0.25, 0.3) is 5.91 Å². The van der Waals surface area contributed by atoms with Gasteiger partial charge in [-0.1, -0.05) is 38.1 Å². The predicted molar refractivity (Wildman–Crippen MR) is 112 cm³/mol. The van der Waals surface area contributed by atoms with E-state index in [1.807, 2.05) is 55.5 Å². The average molecular weight is 386 g/mol. The Hall–Kier alpha value is -3.67. The maximum absolute atomic E-state index is 12.8. The van der Waals surface area contributed by atoms with Crippen molar-refractivity contribution in [2.45, 2.75) is 26.7 Å². The second kappa shape index (κ2) is 7.75. The van der Waals surface area contributed by atoms with E-state index >= 15 is 0 Å². The SMILES string of the molecule is Cc1cccc(-n2nc(C(=O)Nc3ccc(C(C)C)cc3)nc2-c2ccco2)c1. The quantitative estimate of drug-likeness (QED) is 0.511. The lowest BCUT2D eigenvalue weighted by Gasteiger charge is -2.07. The lowest BCUT2D eigenvalue weighted by atomic mass is 10.0. The molecule has 1 amide bonds. The Morgan fingerprint density at radius 2 is 1.86 bits per heavy atom. The highest BCUT2D eigenvalue weighted by Gasteiger charge is 2.20. The largest absolute Gasteiger partial charge is 0.461 e. The summed E-state index contributed by atoms with van der Waals surface area (Å²) in [5.41, 5.74) is 3.81. The van der Waals surface area contributed by atoms with E-state index in [1.54, 1.807) is 23.1 Å². The molecule has 0 bridgehead atoms. The first kappa shape index (κ1) is 18.7. The molecular weight excluding hydrogens is 364 g/mol. The summed E-state index contributed by atoms with van der Waals surface area (Å²) in [6, 6.07) is 19.2. The second-order valence-corrected chi connectivity index (χ2v) is 7.22. The molecule has 1 N–H and O–H groups in total. The summed E-state index contributed by atoms with van der Waals surface area (Å²) in [4.78, 5) is 17.2. The molecule has 0 aliphatic carbocycles. The second-order valence-electron chi connectivity index (χ2n) is 7.22. The molecule has 0 aliphatic heterocycles. The van der Waals surface area contributed by atoms with Crippen LogP contribution < -0.4 is 5.32 Å². The lowest BCUT2D eigenvalue weighted by Crippen LogP contribution is -2.14. The Bertz CT molecular complexity index is 1130. The highest BCUT2D eigenvalue weighted by molar-refractivity contribution is 6.01. The van der Waals surface area contributed by atoms with Gasteiger partial charge in [0.15, 0.2) is 11.6 Å². The standard InChI is InChI=1S/C23H22N4O2/c1-15(2)17-9-11-18(12-10-17)24-23(28)21-25-22(20-8-5-13-29-20)27(26-21)19-7-4-6-16(3)14-19/h4-15H,1-3H3,(H,24,28). The van der Waals surface area contributed by atoms with Gasteiger partial charge in [0.2, 0.25) is 5.82 Å². The molecule has 0 fully saturated rings. The molecule has 0 saturated heterocycles. The van der Waals surface area contributed by atoms with E-state index < -0.39 is 0 Å². The minimum absolute atomic E-state index is 0.0749. The third-order valence-electron chi connectivity index (χ3n) is 4.63. The number of hydrogen-bond acceptors (Lipinski definition) is 4. The van der Waals surface area contributed by atoms with Crippen molar-refractivity contribution in [3.63, 3.8) is 0 Å². The molecule has 6 heteroatoms. The molecule has 2 aromatic heterocycles. The molecule has 4 rings (SSSR count). The number of carbonyl (C=O) groups excluding carboxylic acids is 1. The van der Waals surface area contributed by atoms with Crippen molar-refractivity contribution in [1.82, 2.24) is 14.8 Å². The van der Waals surface area contributed by atoms with E-state index in [2.05, 4.69) is 29.2 Å². The molecule has 146 valence electrons. The Morgan fingerprint density at radius 3 is 2.52 bits per heavy atom. The van der Waals surface area contributed by atoms with Crippen LogP contribution in [0.5, 0.6) is 0 Å². The molecule has 6 nitrogen and oxygen atoms in total. The maximum Gasteiger partial charge on any atom is 0.295 e. The van der Waals surface area contributed by atoms with E-state index in [-0.39, 0.29) is 11.7 Å². The summed E-state index contributed by atoms with van der Waals surface area (Å²) in [6.07, 6.45) is 1.57. The smallest absolute Gasteiger partial charge is 0.295 e. The van der Waals surface area contributed by atoms with Crippen molar-refractivity contribution in [2.24, 2.45) is 0 Å². The van der Waals surface area contributed by atoms with Gasteiger partial charge >= 0.3 is 0 Å². The third kappa shape index (κ3) is 3.96. The van der Waals surface area contributed by atoms with Crippen LogP contribution >= 0.6 is 0 Å². The van der Waals surface area contributed by atoms with Crippen LogP contribution in [-0.4, -0.2) is 20.7 Å². The Labute approximate surface area is 169 Å². The highest BCUT2D eigenvalue weighted by Crippen LogP contribution is 2.23. The maximum atomic E-state index is 12.8. The number of benzene rings is 2. The van der Waals surface area contributed by atoms with Gasteiger partial charge in [0.05, 0.1) is 12.0 Å². The van der Waals surface area contributed by atoms with Crippen molar-refractivity contribution in [3.05, 3.63) is 83.9 Å². The number of anilines is 1. The minimum Gasteiger partial charge on any atom is -0.461 e. The fourth-order valence-electron chi connectivity index (χ4n) is 3.05. The van der Waals surface area contributed by atoms with Crippen molar-refractivity contribution in [3.8, 4) is 17.3 Å². The molecule has 0 spiro atoms. The molecule has 4 aromatic rings. The zero-order valence-corrected chi connectivity index (χ0v) is 16.6. The Balaban J connectivity index is 1.67. The Morgan fingerprint density at radius 1 is 1.07 bits per heavy atom. The van der Waals surface area contributed by atoms with E-state index in [9.17, 15) is 4.79 Å². The van der Waals surface area contributed by atoms with Gasteiger partial charge in [-0.3, -0.25) is 4.79 Å². The number of aryl methyl sites for hydroxylation is 1. The van der Waals surface area contributed by atoms with Gasteiger partial charge in [0.1, 0.15) is 0 Å². The van der Waals surface area contributed by atoms with Crippen molar-refractivity contribution in [2.75, 3.05) is 5.32 Å². The number of carbonyl (C=O) groups is 1. The molecular formula is C23H22N4O2. The summed E-state index contributed by atoms with van der Waals surface area (Å²) in [5.74, 6) is 1.15. The number of hydrogen-bond donors (Lipinski definition) is 1. The highest BCUT2D eigenvalue weighted by atomic mass is 16.3. The van der Waals surface area contributed by atoms with Gasteiger partial charge in [-0.2, -0.15) is 4.98 Å². The van der Waals surface area contributed by atoms with Crippen LogP contribution in [0.1, 0.15) is 41.5 Å². The van der Waals surface area contributed by atoms with E-state index in [0.29, 0.717) is 23.2 Å². The zero-order chi connectivity index (χ0) is 20.4. The molecule has 0 unspecified atom stereocenters. The average Bonchev–Trinajstić information content (AvgIpc) is 3.38. The van der Waals surface area contributed by atoms with Crippen LogP contribution in [-0.2, 0) is 0 Å². The fourth-order valence-corrected chi connectivity index (χ4v) is 3.05. The van der Waals surface area contributed by atoms with E-state index in [1.165, 1.54) is 5.56 Å². The number of rotatable bonds is 5. The topological polar surface area (TPSA) is 73.0 Å². The van der Waals surface area contributed by atoms with Crippen molar-refractivity contribution >= 4 is 11.6 Å². The van der Waals surface area contributed by atoms with Gasteiger partial charge < -0.3 is 9.73 Å². The number of amides is 1. The van der Waals surface area contributed by atoms with Crippen LogP contribution in [0.3, 0.4) is 0 Å². The van der Waals surface area contributed by atoms with E-state index in [4.69, 9.17) is 4.42 Å². The summed E-state index contributed by atoms with van der Waals surface area (Å²) in [6.45, 7) is 6.26. The summed E-state index contributed by atoms with van der Waals surface area (Å²) < 4.78 is 7.13. The van der Waals surface area contributed by atoms with Crippen molar-refractivity contribution < 1.29 is 9.21 Å². The monoisotopic (exact) mass is 386 g/mol. The first-order chi connectivity index (χ1) is 14.0. The van der Waals surface area contributed by atoms with Gasteiger partial charge in [-0.15, -0.1) is 5.10 Å². The first-order valence-electron chi connectivity index (χ1n) is 9.50. The predicted octanol–water partition coefficient (Wildman–Crippen LogP) is 5.21. The molecule has 0 atom stereocenters. The van der Waals surface area contributed by atoms with Crippen LogP contribution in [0.2, 0.25) is 0 Å². The summed E-state index contributed by atoms with van der Waals surface area (Å²) >= 11 is 0. The third-order valence-corrected chi connectivity index (χ3v) is 4.63. The fraction of sp³-hybridized carbons (Fsp3) is 0.174. The molecule has 0 saturated carbocycles. The van der Waals surface area contributed by atoms with Crippen LogP contribution in [0.15, 0.2) is 71.3 Å². The molecule has 2 heterocycles. The molecule has 0 aliphatic rings. The van der Waals surface area contributed by atoms with Gasteiger partial charge in [-0.05, 0) is 60.4 Å². The minimum atomic E-state index is -0.374. The van der Waals surface area contributed by atoms with Crippen LogP contribution in [0, 0.1) is 6.92 Å². The molecule has 0 radical (unpaired) electrons. The zero-order valence-electron chi connectivity index (χ0n) is 16.6. The number of aromatic nitrogens is 3. The number of furan rings is 1. The summed E-state index contributed by atoms with van der Waals surface area (Å²) in [7, 11) is 0. The normalized spacial score (nSPS) is 11.0. The van der Waals surface area contributed by atoms with Crippen LogP contribution in [0.25, 0.3) is 17.3 Å². The van der Waals surface area contributed by atoms with Gasteiger partial charge in [-0.25, -0.2) is 4.68 Å². The van der Waals surface area contributed by atoms with Crippen LogP contribution in [0.4, 0.5) is 5.69 Å². The number of nitrogens with zero attached hydrogens (tertiary/aromatic N) is 3. The van der Waals surface area contributed by atoms with Gasteiger partial charge in [0, 0.05) is 5.69 Å². The summed E-state index contributed by atoms with van der Waals surface area (Å²) in [5, 5.41) is 7.32. The van der Waals surface area contributed by atoms with Crippen molar-refractivity contribution in [1.29, 1.82) is 0 Å². The molecule has 29 heavy (non-hydrogen) atoms. The molecule has 2 aromatic carbocycles.